The molecule has 1 unspecified atom stereocenters. The minimum absolute atomic E-state index is 0.0176. The summed E-state index contributed by atoms with van der Waals surface area (Å²) >= 11 is 0. The molecule has 1 aromatic heterocycles. The fraction of sp³-hybridized carbons (Fsp3) is 0.357. The average Bonchev–Trinajstić information content (AvgIpc) is 3.14. The monoisotopic (exact) mass is 271 g/mol. The van der Waals surface area contributed by atoms with Crippen molar-refractivity contribution in [1.82, 2.24) is 14.8 Å². The van der Waals surface area contributed by atoms with Crippen LogP contribution in [0.4, 0.5) is 5.69 Å². The molecule has 0 aliphatic heterocycles. The van der Waals surface area contributed by atoms with E-state index in [-0.39, 0.29) is 11.9 Å². The summed E-state index contributed by atoms with van der Waals surface area (Å²) in [6.07, 6.45) is 5.91. The molecular weight excluding hydrogens is 254 g/mol. The van der Waals surface area contributed by atoms with Crippen LogP contribution in [0.15, 0.2) is 36.9 Å². The first-order valence-electron chi connectivity index (χ1n) is 6.73. The summed E-state index contributed by atoms with van der Waals surface area (Å²) in [5, 5.41) is 10.4. The Labute approximate surface area is 117 Å². The molecule has 2 aromatic rings. The van der Waals surface area contributed by atoms with Crippen LogP contribution < -0.4 is 11.1 Å². The molecule has 1 aliphatic carbocycles. The topological polar surface area (TPSA) is 85.8 Å². The third-order valence-electron chi connectivity index (χ3n) is 3.50. The van der Waals surface area contributed by atoms with Gasteiger partial charge < -0.3 is 11.1 Å². The van der Waals surface area contributed by atoms with Crippen LogP contribution in [0.2, 0.25) is 0 Å². The third-order valence-corrected chi connectivity index (χ3v) is 3.50. The van der Waals surface area contributed by atoms with E-state index in [0.717, 1.165) is 24.2 Å². The van der Waals surface area contributed by atoms with Crippen LogP contribution in [-0.2, 0) is 4.79 Å². The number of nitrogens with one attached hydrogen (secondary N) is 1. The number of hydrogen-bond acceptors (Lipinski definition) is 4. The van der Waals surface area contributed by atoms with Gasteiger partial charge in [-0.25, -0.2) is 0 Å². The van der Waals surface area contributed by atoms with Gasteiger partial charge in [-0.05, 0) is 37.0 Å². The van der Waals surface area contributed by atoms with Gasteiger partial charge >= 0.3 is 0 Å². The Kier molecular flexibility index (Phi) is 3.47. The Bertz CT molecular complexity index is 591. The summed E-state index contributed by atoms with van der Waals surface area (Å²) in [5.41, 5.74) is 7.62. The lowest BCUT2D eigenvalue weighted by Crippen LogP contribution is -2.28. The van der Waals surface area contributed by atoms with E-state index in [2.05, 4.69) is 15.5 Å². The second-order valence-corrected chi connectivity index (χ2v) is 5.17. The molecule has 1 heterocycles. The molecule has 1 amide bonds. The van der Waals surface area contributed by atoms with Gasteiger partial charge in [0.15, 0.2) is 0 Å². The molecule has 1 saturated carbocycles. The predicted octanol–water partition coefficient (Wildman–Crippen LogP) is 1.33. The van der Waals surface area contributed by atoms with Crippen LogP contribution in [0, 0.1) is 5.92 Å². The molecule has 0 saturated heterocycles. The smallest absolute Gasteiger partial charge is 0.225 e. The van der Waals surface area contributed by atoms with E-state index in [9.17, 15) is 4.79 Å². The van der Waals surface area contributed by atoms with Crippen molar-refractivity contribution < 1.29 is 4.79 Å². The molecule has 6 nitrogen and oxygen atoms in total. The van der Waals surface area contributed by atoms with Crippen LogP contribution >= 0.6 is 0 Å². The van der Waals surface area contributed by atoms with Gasteiger partial charge in [0.2, 0.25) is 5.91 Å². The van der Waals surface area contributed by atoms with Crippen molar-refractivity contribution in [3.8, 4) is 5.69 Å². The van der Waals surface area contributed by atoms with E-state index < -0.39 is 0 Å². The number of anilines is 1. The maximum Gasteiger partial charge on any atom is 0.225 e. The number of benzene rings is 1. The fourth-order valence-electron chi connectivity index (χ4n) is 2.20. The molecule has 20 heavy (non-hydrogen) atoms. The van der Waals surface area contributed by atoms with Gasteiger partial charge in [-0.3, -0.25) is 9.36 Å². The van der Waals surface area contributed by atoms with Gasteiger partial charge in [-0.2, -0.15) is 0 Å². The lowest BCUT2D eigenvalue weighted by molar-refractivity contribution is -0.116. The molecule has 3 rings (SSSR count). The molecule has 1 atom stereocenters. The van der Waals surface area contributed by atoms with Gasteiger partial charge in [0.05, 0.1) is 5.69 Å². The fourth-order valence-corrected chi connectivity index (χ4v) is 2.20. The summed E-state index contributed by atoms with van der Waals surface area (Å²) < 4.78 is 1.78. The highest BCUT2D eigenvalue weighted by molar-refractivity contribution is 5.91. The molecule has 0 bridgehead atoms. The second-order valence-electron chi connectivity index (χ2n) is 5.17. The van der Waals surface area contributed by atoms with Crippen molar-refractivity contribution in [1.29, 1.82) is 0 Å². The number of hydrogen-bond donors (Lipinski definition) is 2. The summed E-state index contributed by atoms with van der Waals surface area (Å²) in [6, 6.07) is 7.52. The predicted molar refractivity (Wildman–Crippen MR) is 75.3 cm³/mol. The number of carbonyl (C=O) groups excluding carboxylic acids is 1. The highest BCUT2D eigenvalue weighted by atomic mass is 16.1. The van der Waals surface area contributed by atoms with Crippen molar-refractivity contribution in [2.24, 2.45) is 11.7 Å². The standard InChI is InChI=1S/C14H17N5O/c15-13(10-4-5-10)7-14(20)18-11-2-1-3-12(6-11)19-8-16-17-9-19/h1-3,6,8-10,13H,4-5,7,15H2,(H,18,20). The van der Waals surface area contributed by atoms with Gasteiger partial charge in [0.25, 0.3) is 0 Å². The minimum atomic E-state index is -0.0368. The number of nitrogens with zero attached hydrogens (tertiary/aromatic N) is 3. The van der Waals surface area contributed by atoms with Gasteiger partial charge in [-0.1, -0.05) is 6.07 Å². The Morgan fingerprint density at radius 2 is 2.15 bits per heavy atom. The van der Waals surface area contributed by atoms with E-state index in [1.54, 1.807) is 17.2 Å². The SMILES string of the molecule is NC(CC(=O)Nc1cccc(-n2cnnc2)c1)C1CC1. The first-order chi connectivity index (χ1) is 9.72. The zero-order valence-corrected chi connectivity index (χ0v) is 11.1. The van der Waals surface area contributed by atoms with Crippen molar-refractivity contribution >= 4 is 11.6 Å². The van der Waals surface area contributed by atoms with E-state index in [1.807, 2.05) is 24.3 Å². The number of nitrogens with two attached hydrogens (primary N) is 1. The van der Waals surface area contributed by atoms with Gasteiger partial charge in [-0.15, -0.1) is 10.2 Å². The second kappa shape index (κ2) is 5.42. The quantitative estimate of drug-likeness (QED) is 0.859. The minimum Gasteiger partial charge on any atom is -0.327 e. The van der Waals surface area contributed by atoms with Crippen LogP contribution in [0.1, 0.15) is 19.3 Å². The van der Waals surface area contributed by atoms with Crippen molar-refractivity contribution in [2.45, 2.75) is 25.3 Å². The molecule has 3 N–H and O–H groups in total. The Morgan fingerprint density at radius 3 is 2.85 bits per heavy atom. The maximum absolute atomic E-state index is 11.9. The Hall–Kier alpha value is -2.21. The number of rotatable bonds is 5. The van der Waals surface area contributed by atoms with E-state index >= 15 is 0 Å². The number of carbonyl (C=O) groups is 1. The first kappa shape index (κ1) is 12.8. The van der Waals surface area contributed by atoms with E-state index in [4.69, 9.17) is 5.73 Å². The van der Waals surface area contributed by atoms with Crippen molar-refractivity contribution in [3.05, 3.63) is 36.9 Å². The molecule has 104 valence electrons. The zero-order valence-electron chi connectivity index (χ0n) is 11.1. The molecule has 6 heteroatoms. The first-order valence-corrected chi connectivity index (χ1v) is 6.73. The number of amides is 1. The van der Waals surface area contributed by atoms with Crippen LogP contribution in [0.5, 0.6) is 0 Å². The molecule has 1 aliphatic rings. The summed E-state index contributed by atoms with van der Waals surface area (Å²) in [4.78, 5) is 11.9. The lowest BCUT2D eigenvalue weighted by Gasteiger charge is -2.11. The molecule has 1 fully saturated rings. The summed E-state index contributed by atoms with van der Waals surface area (Å²) in [5.74, 6) is 0.495. The highest BCUT2D eigenvalue weighted by Crippen LogP contribution is 2.32. The van der Waals surface area contributed by atoms with Crippen LogP contribution in [0.3, 0.4) is 0 Å². The highest BCUT2D eigenvalue weighted by Gasteiger charge is 2.29. The number of aromatic nitrogens is 3. The molecule has 0 spiro atoms. The third kappa shape index (κ3) is 3.03. The van der Waals surface area contributed by atoms with Crippen molar-refractivity contribution in [2.75, 3.05) is 5.32 Å². The Morgan fingerprint density at radius 1 is 1.40 bits per heavy atom. The molecular formula is C14H17N5O. The van der Waals surface area contributed by atoms with E-state index in [1.165, 1.54) is 0 Å². The maximum atomic E-state index is 11.9. The van der Waals surface area contributed by atoms with Gasteiger partial charge in [0, 0.05) is 18.2 Å². The van der Waals surface area contributed by atoms with Crippen LogP contribution in [-0.4, -0.2) is 26.7 Å². The Balaban J connectivity index is 1.65. The largest absolute Gasteiger partial charge is 0.327 e. The van der Waals surface area contributed by atoms with E-state index in [0.29, 0.717) is 12.3 Å². The normalized spacial score (nSPS) is 15.8. The van der Waals surface area contributed by atoms with Crippen molar-refractivity contribution in [3.63, 3.8) is 0 Å². The summed E-state index contributed by atoms with van der Waals surface area (Å²) in [6.45, 7) is 0. The van der Waals surface area contributed by atoms with Crippen LogP contribution in [0.25, 0.3) is 5.69 Å². The molecule has 0 radical (unpaired) electrons. The lowest BCUT2D eigenvalue weighted by atomic mass is 10.1. The zero-order chi connectivity index (χ0) is 13.9. The summed E-state index contributed by atoms with van der Waals surface area (Å²) in [7, 11) is 0. The van der Waals surface area contributed by atoms with Gasteiger partial charge in [0.1, 0.15) is 12.7 Å². The average molecular weight is 271 g/mol. The molecule has 1 aromatic carbocycles.